The van der Waals surface area contributed by atoms with E-state index < -0.39 is 0 Å². The number of thioether (sulfide) groups is 1. The second kappa shape index (κ2) is 5.30. The standard InChI is InChI=1S/C13H10N4O2S/c18-11-7-20-13(16-11)17-14-6-9-5-8-3-1-2-4-10(8)15-12(9)19/h1-6H,7H2,(H,15,19)(H,16,17,18)/b14-6+. The number of benzene rings is 1. The number of H-pyrrole nitrogens is 1. The smallest absolute Gasteiger partial charge is 0.257 e. The van der Waals surface area contributed by atoms with Crippen LogP contribution in [-0.4, -0.2) is 28.0 Å². The van der Waals surface area contributed by atoms with Crippen LogP contribution in [0.15, 0.2) is 45.3 Å². The van der Waals surface area contributed by atoms with Crippen LogP contribution >= 0.6 is 11.8 Å². The Morgan fingerprint density at radius 2 is 2.10 bits per heavy atom. The van der Waals surface area contributed by atoms with Crippen LogP contribution in [-0.2, 0) is 4.79 Å². The summed E-state index contributed by atoms with van der Waals surface area (Å²) in [6.07, 6.45) is 1.38. The Morgan fingerprint density at radius 1 is 1.25 bits per heavy atom. The molecule has 1 aliphatic heterocycles. The summed E-state index contributed by atoms with van der Waals surface area (Å²) in [6, 6.07) is 9.24. The third-order valence-electron chi connectivity index (χ3n) is 2.71. The van der Waals surface area contributed by atoms with Crippen LogP contribution in [0, 0.1) is 0 Å². The lowest BCUT2D eigenvalue weighted by Crippen LogP contribution is -2.19. The number of hydrogen-bond donors (Lipinski definition) is 2. The van der Waals surface area contributed by atoms with E-state index in [2.05, 4.69) is 20.5 Å². The molecule has 1 aliphatic rings. The average molecular weight is 286 g/mol. The predicted octanol–water partition coefficient (Wildman–Crippen LogP) is 1.08. The van der Waals surface area contributed by atoms with Gasteiger partial charge in [-0.05, 0) is 17.5 Å². The zero-order valence-corrected chi connectivity index (χ0v) is 11.1. The number of nitrogens with zero attached hydrogens (tertiary/aromatic N) is 2. The van der Waals surface area contributed by atoms with Gasteiger partial charge in [0.15, 0.2) is 5.17 Å². The van der Waals surface area contributed by atoms with Gasteiger partial charge in [0.05, 0.1) is 17.5 Å². The van der Waals surface area contributed by atoms with Crippen molar-refractivity contribution in [3.8, 4) is 0 Å². The average Bonchev–Trinajstić information content (AvgIpc) is 2.85. The van der Waals surface area contributed by atoms with Crippen LogP contribution in [0.3, 0.4) is 0 Å². The SMILES string of the molecule is O=C1CS/C(=N\N=C\c2cc3ccccc3[nH]c2=O)N1. The highest BCUT2D eigenvalue weighted by Gasteiger charge is 2.15. The summed E-state index contributed by atoms with van der Waals surface area (Å²) < 4.78 is 0. The van der Waals surface area contributed by atoms with Crippen molar-refractivity contribution in [2.45, 2.75) is 0 Å². The number of carbonyl (C=O) groups excluding carboxylic acids is 1. The molecular weight excluding hydrogens is 276 g/mol. The zero-order valence-electron chi connectivity index (χ0n) is 10.3. The van der Waals surface area contributed by atoms with Crippen molar-refractivity contribution in [3.05, 3.63) is 46.2 Å². The molecule has 1 saturated heterocycles. The van der Waals surface area contributed by atoms with Crippen molar-refractivity contribution in [3.63, 3.8) is 0 Å². The molecule has 0 atom stereocenters. The van der Waals surface area contributed by atoms with Gasteiger partial charge in [-0.2, -0.15) is 5.10 Å². The molecular formula is C13H10N4O2S. The van der Waals surface area contributed by atoms with Gasteiger partial charge in [-0.15, -0.1) is 5.10 Å². The third-order valence-corrected chi connectivity index (χ3v) is 3.58. The number of pyridine rings is 1. The molecule has 3 rings (SSSR count). The summed E-state index contributed by atoms with van der Waals surface area (Å²) in [5.41, 5.74) is 0.970. The lowest BCUT2D eigenvalue weighted by Gasteiger charge is -1.98. The molecule has 6 nitrogen and oxygen atoms in total. The van der Waals surface area contributed by atoms with Gasteiger partial charge in [-0.3, -0.25) is 9.59 Å². The summed E-state index contributed by atoms with van der Waals surface area (Å²) in [5, 5.41) is 11.6. The quantitative estimate of drug-likeness (QED) is 0.640. The molecule has 1 fully saturated rings. The fourth-order valence-corrected chi connectivity index (χ4v) is 2.41. The number of rotatable bonds is 2. The van der Waals surface area contributed by atoms with Gasteiger partial charge in [-0.25, -0.2) is 0 Å². The normalized spacial score (nSPS) is 17.2. The zero-order chi connectivity index (χ0) is 13.9. The molecule has 20 heavy (non-hydrogen) atoms. The monoisotopic (exact) mass is 286 g/mol. The van der Waals surface area contributed by atoms with Crippen molar-refractivity contribution in [1.82, 2.24) is 10.3 Å². The Morgan fingerprint density at radius 3 is 2.90 bits per heavy atom. The molecule has 7 heteroatoms. The first kappa shape index (κ1) is 12.6. The van der Waals surface area contributed by atoms with Gasteiger partial charge < -0.3 is 10.3 Å². The fraction of sp³-hybridized carbons (Fsp3) is 0.0769. The van der Waals surface area contributed by atoms with Crippen LogP contribution in [0.4, 0.5) is 0 Å². The van der Waals surface area contributed by atoms with Gasteiger partial charge in [0.25, 0.3) is 5.56 Å². The maximum absolute atomic E-state index is 11.8. The maximum atomic E-state index is 11.8. The first-order chi connectivity index (χ1) is 9.72. The number of carbonyl (C=O) groups is 1. The van der Waals surface area contributed by atoms with Gasteiger partial charge in [0.2, 0.25) is 5.91 Å². The summed E-state index contributed by atoms with van der Waals surface area (Å²) >= 11 is 1.28. The largest absolute Gasteiger partial charge is 0.321 e. The van der Waals surface area contributed by atoms with Gasteiger partial charge in [0, 0.05) is 5.52 Å². The van der Waals surface area contributed by atoms with Crippen molar-refractivity contribution in [2.24, 2.45) is 10.2 Å². The molecule has 0 radical (unpaired) electrons. The summed E-state index contributed by atoms with van der Waals surface area (Å²) in [6.45, 7) is 0. The highest BCUT2D eigenvalue weighted by atomic mass is 32.2. The first-order valence-electron chi connectivity index (χ1n) is 5.88. The van der Waals surface area contributed by atoms with Crippen LogP contribution < -0.4 is 10.9 Å². The summed E-state index contributed by atoms with van der Waals surface area (Å²) in [7, 11) is 0. The van der Waals surface area contributed by atoms with Gasteiger partial charge in [0.1, 0.15) is 0 Å². The number of fused-ring (bicyclic) bond motifs is 1. The molecule has 2 N–H and O–H groups in total. The topological polar surface area (TPSA) is 86.7 Å². The van der Waals surface area contributed by atoms with E-state index in [4.69, 9.17) is 0 Å². The molecule has 1 aromatic carbocycles. The number of hydrogen-bond acceptors (Lipinski definition) is 5. The fourth-order valence-electron chi connectivity index (χ4n) is 1.78. The third kappa shape index (κ3) is 2.62. The van der Waals surface area contributed by atoms with Crippen LogP contribution in [0.5, 0.6) is 0 Å². The van der Waals surface area contributed by atoms with Crippen molar-refractivity contribution < 1.29 is 4.79 Å². The van der Waals surface area contributed by atoms with E-state index in [1.54, 1.807) is 6.07 Å². The highest BCUT2D eigenvalue weighted by Crippen LogP contribution is 2.10. The Balaban J connectivity index is 1.89. The molecule has 100 valence electrons. The highest BCUT2D eigenvalue weighted by molar-refractivity contribution is 8.15. The number of amides is 1. The van der Waals surface area contributed by atoms with Crippen LogP contribution in [0.1, 0.15) is 5.56 Å². The minimum Gasteiger partial charge on any atom is -0.321 e. The molecule has 0 spiro atoms. The molecule has 1 amide bonds. The minimum absolute atomic E-state index is 0.0903. The molecule has 0 bridgehead atoms. The summed E-state index contributed by atoms with van der Waals surface area (Å²) in [5.74, 6) is 0.262. The van der Waals surface area contributed by atoms with E-state index in [1.165, 1.54) is 18.0 Å². The van der Waals surface area contributed by atoms with Crippen LogP contribution in [0.25, 0.3) is 10.9 Å². The van der Waals surface area contributed by atoms with E-state index in [-0.39, 0.29) is 11.5 Å². The van der Waals surface area contributed by atoms with E-state index >= 15 is 0 Å². The lowest BCUT2D eigenvalue weighted by molar-refractivity contribution is -0.116. The molecule has 2 heterocycles. The lowest BCUT2D eigenvalue weighted by atomic mass is 10.2. The van der Waals surface area contributed by atoms with E-state index in [0.29, 0.717) is 16.5 Å². The minimum atomic E-state index is -0.226. The maximum Gasteiger partial charge on any atom is 0.257 e. The van der Waals surface area contributed by atoms with Gasteiger partial charge in [-0.1, -0.05) is 30.0 Å². The Hall–Kier alpha value is -2.41. The van der Waals surface area contributed by atoms with Crippen molar-refractivity contribution in [1.29, 1.82) is 0 Å². The first-order valence-corrected chi connectivity index (χ1v) is 6.87. The predicted molar refractivity (Wildman–Crippen MR) is 80.2 cm³/mol. The number of nitrogens with one attached hydrogen (secondary N) is 2. The van der Waals surface area contributed by atoms with E-state index in [9.17, 15) is 9.59 Å². The molecule has 2 aromatic rings. The number of aromatic nitrogens is 1. The number of aromatic amines is 1. The Bertz CT molecular complexity index is 794. The van der Waals surface area contributed by atoms with E-state index in [0.717, 1.165) is 10.9 Å². The second-order valence-corrected chi connectivity index (χ2v) is 5.09. The Labute approximate surface area is 118 Å². The summed E-state index contributed by atoms with van der Waals surface area (Å²) in [4.78, 5) is 25.6. The number of amidine groups is 1. The van der Waals surface area contributed by atoms with Crippen molar-refractivity contribution in [2.75, 3.05) is 5.75 Å². The molecule has 1 aromatic heterocycles. The van der Waals surface area contributed by atoms with Crippen LogP contribution in [0.2, 0.25) is 0 Å². The molecule has 0 aliphatic carbocycles. The van der Waals surface area contributed by atoms with Crippen molar-refractivity contribution >= 4 is 40.0 Å². The Kier molecular flexibility index (Phi) is 3.34. The van der Waals surface area contributed by atoms with Gasteiger partial charge >= 0.3 is 0 Å². The number of para-hydroxylation sites is 1. The second-order valence-electron chi connectivity index (χ2n) is 4.13. The molecule has 0 saturated carbocycles. The van der Waals surface area contributed by atoms with E-state index in [1.807, 2.05) is 24.3 Å². The molecule has 0 unspecified atom stereocenters.